The van der Waals surface area contributed by atoms with E-state index in [4.69, 9.17) is 16.3 Å². The number of morpholine rings is 1. The lowest BCUT2D eigenvalue weighted by Gasteiger charge is -2.26. The molecular formula is C13H20ClN3O. The standard InChI is InChI=1S/C13H20ClN3O/c1-9(2)12-10(3)15-11(16-13(12)14)8-17-4-6-18-7-5-17/h9H,4-8H2,1-3H3. The Hall–Kier alpha value is -0.710. The summed E-state index contributed by atoms with van der Waals surface area (Å²) in [4.78, 5) is 11.3. The normalized spacial score (nSPS) is 17.4. The van der Waals surface area contributed by atoms with Crippen molar-refractivity contribution in [2.24, 2.45) is 0 Å². The maximum Gasteiger partial charge on any atom is 0.144 e. The summed E-state index contributed by atoms with van der Waals surface area (Å²) in [6.07, 6.45) is 0. The van der Waals surface area contributed by atoms with Gasteiger partial charge >= 0.3 is 0 Å². The fraction of sp³-hybridized carbons (Fsp3) is 0.692. The van der Waals surface area contributed by atoms with Crippen LogP contribution in [0.4, 0.5) is 0 Å². The van der Waals surface area contributed by atoms with Crippen LogP contribution in [0.3, 0.4) is 0 Å². The topological polar surface area (TPSA) is 38.2 Å². The van der Waals surface area contributed by atoms with Crippen molar-refractivity contribution in [2.45, 2.75) is 33.2 Å². The number of hydrogen-bond donors (Lipinski definition) is 0. The van der Waals surface area contributed by atoms with Gasteiger partial charge in [-0.3, -0.25) is 4.90 Å². The van der Waals surface area contributed by atoms with Crippen molar-refractivity contribution in [3.8, 4) is 0 Å². The second kappa shape index (κ2) is 5.95. The molecule has 1 fully saturated rings. The minimum Gasteiger partial charge on any atom is -0.379 e. The highest BCUT2D eigenvalue weighted by Crippen LogP contribution is 2.25. The quantitative estimate of drug-likeness (QED) is 0.790. The van der Waals surface area contributed by atoms with Crippen LogP contribution in [0.15, 0.2) is 0 Å². The van der Waals surface area contributed by atoms with Crippen LogP contribution in [-0.4, -0.2) is 41.2 Å². The SMILES string of the molecule is Cc1nc(CN2CCOCC2)nc(Cl)c1C(C)C. The minimum absolute atomic E-state index is 0.356. The molecule has 4 nitrogen and oxygen atoms in total. The van der Waals surface area contributed by atoms with Gasteiger partial charge in [-0.05, 0) is 12.8 Å². The van der Waals surface area contributed by atoms with Crippen LogP contribution in [-0.2, 0) is 11.3 Å². The molecule has 0 bridgehead atoms. The Morgan fingerprint density at radius 3 is 2.50 bits per heavy atom. The van der Waals surface area contributed by atoms with Gasteiger partial charge in [0.2, 0.25) is 0 Å². The molecule has 2 rings (SSSR count). The lowest BCUT2D eigenvalue weighted by atomic mass is 10.0. The number of rotatable bonds is 3. The summed E-state index contributed by atoms with van der Waals surface area (Å²) in [5.74, 6) is 1.17. The van der Waals surface area contributed by atoms with Gasteiger partial charge in [0.05, 0.1) is 19.8 Å². The molecule has 2 heterocycles. The number of ether oxygens (including phenoxy) is 1. The Bertz CT molecular complexity index is 394. The molecular weight excluding hydrogens is 250 g/mol. The Labute approximate surface area is 113 Å². The summed E-state index contributed by atoms with van der Waals surface area (Å²) in [6, 6.07) is 0. The smallest absolute Gasteiger partial charge is 0.144 e. The predicted octanol–water partition coefficient (Wildman–Crippen LogP) is 2.39. The van der Waals surface area contributed by atoms with Crippen molar-refractivity contribution in [2.75, 3.05) is 26.3 Å². The zero-order chi connectivity index (χ0) is 13.1. The third-order valence-electron chi connectivity index (χ3n) is 3.18. The van der Waals surface area contributed by atoms with E-state index in [1.807, 2.05) is 6.92 Å². The molecule has 1 aliphatic rings. The largest absolute Gasteiger partial charge is 0.379 e. The van der Waals surface area contributed by atoms with E-state index in [-0.39, 0.29) is 0 Å². The maximum atomic E-state index is 6.25. The Balaban J connectivity index is 2.14. The summed E-state index contributed by atoms with van der Waals surface area (Å²) in [5.41, 5.74) is 2.05. The number of nitrogens with zero attached hydrogens (tertiary/aromatic N) is 3. The molecule has 1 saturated heterocycles. The van der Waals surface area contributed by atoms with Crippen LogP contribution in [0.25, 0.3) is 0 Å². The van der Waals surface area contributed by atoms with E-state index in [0.29, 0.717) is 11.1 Å². The minimum atomic E-state index is 0.356. The molecule has 0 radical (unpaired) electrons. The van der Waals surface area contributed by atoms with Crippen molar-refractivity contribution in [3.63, 3.8) is 0 Å². The second-order valence-electron chi connectivity index (χ2n) is 4.97. The molecule has 0 aromatic carbocycles. The summed E-state index contributed by atoms with van der Waals surface area (Å²) in [7, 11) is 0. The first-order valence-corrected chi connectivity index (χ1v) is 6.78. The van der Waals surface area contributed by atoms with E-state index in [1.165, 1.54) is 0 Å². The summed E-state index contributed by atoms with van der Waals surface area (Å²) in [5, 5.41) is 0.598. The van der Waals surface area contributed by atoms with Gasteiger partial charge in [-0.1, -0.05) is 25.4 Å². The zero-order valence-electron chi connectivity index (χ0n) is 11.2. The number of aryl methyl sites for hydroxylation is 1. The van der Waals surface area contributed by atoms with E-state index in [0.717, 1.165) is 49.9 Å². The molecule has 0 N–H and O–H groups in total. The number of halogens is 1. The van der Waals surface area contributed by atoms with Gasteiger partial charge < -0.3 is 4.74 Å². The van der Waals surface area contributed by atoms with Gasteiger partial charge in [0, 0.05) is 24.3 Å². The van der Waals surface area contributed by atoms with Gasteiger partial charge in [-0.2, -0.15) is 0 Å². The molecule has 0 saturated carbocycles. The molecule has 100 valence electrons. The first-order valence-electron chi connectivity index (χ1n) is 6.41. The van der Waals surface area contributed by atoms with E-state index >= 15 is 0 Å². The van der Waals surface area contributed by atoms with Crippen molar-refractivity contribution < 1.29 is 4.74 Å². The fourth-order valence-electron chi connectivity index (χ4n) is 2.29. The molecule has 1 aromatic heterocycles. The maximum absolute atomic E-state index is 6.25. The highest BCUT2D eigenvalue weighted by molar-refractivity contribution is 6.30. The zero-order valence-corrected chi connectivity index (χ0v) is 12.0. The molecule has 18 heavy (non-hydrogen) atoms. The third-order valence-corrected chi connectivity index (χ3v) is 3.47. The molecule has 0 aliphatic carbocycles. The first kappa shape index (κ1) is 13.7. The van der Waals surface area contributed by atoms with Gasteiger partial charge in [0.15, 0.2) is 0 Å². The lowest BCUT2D eigenvalue weighted by molar-refractivity contribution is 0.0330. The summed E-state index contributed by atoms with van der Waals surface area (Å²) in [6.45, 7) is 10.4. The van der Waals surface area contributed by atoms with E-state index in [1.54, 1.807) is 0 Å². The van der Waals surface area contributed by atoms with Gasteiger partial charge in [0.25, 0.3) is 0 Å². The van der Waals surface area contributed by atoms with Crippen molar-refractivity contribution in [3.05, 3.63) is 22.2 Å². The summed E-state index contributed by atoms with van der Waals surface area (Å²) >= 11 is 6.25. The van der Waals surface area contributed by atoms with Gasteiger partial charge in [0.1, 0.15) is 11.0 Å². The van der Waals surface area contributed by atoms with Crippen LogP contribution in [0.5, 0.6) is 0 Å². The van der Waals surface area contributed by atoms with Crippen molar-refractivity contribution in [1.29, 1.82) is 0 Å². The Morgan fingerprint density at radius 1 is 1.28 bits per heavy atom. The Kier molecular flexibility index (Phi) is 4.54. The van der Waals surface area contributed by atoms with Gasteiger partial charge in [-0.15, -0.1) is 0 Å². The van der Waals surface area contributed by atoms with Crippen LogP contribution in [0.2, 0.25) is 5.15 Å². The molecule has 0 amide bonds. The molecule has 0 atom stereocenters. The average Bonchev–Trinajstić information content (AvgIpc) is 2.28. The number of aromatic nitrogens is 2. The monoisotopic (exact) mass is 269 g/mol. The highest BCUT2D eigenvalue weighted by Gasteiger charge is 2.16. The van der Waals surface area contributed by atoms with E-state index in [9.17, 15) is 0 Å². The lowest BCUT2D eigenvalue weighted by Crippen LogP contribution is -2.36. The highest BCUT2D eigenvalue weighted by atomic mass is 35.5. The molecule has 5 heteroatoms. The first-order chi connectivity index (χ1) is 8.58. The molecule has 0 unspecified atom stereocenters. The predicted molar refractivity (Wildman–Crippen MR) is 72.0 cm³/mol. The third kappa shape index (κ3) is 3.19. The Morgan fingerprint density at radius 2 is 1.94 bits per heavy atom. The van der Waals surface area contributed by atoms with Crippen molar-refractivity contribution >= 4 is 11.6 Å². The fourth-order valence-corrected chi connectivity index (χ4v) is 2.74. The average molecular weight is 270 g/mol. The van der Waals surface area contributed by atoms with Crippen molar-refractivity contribution in [1.82, 2.24) is 14.9 Å². The van der Waals surface area contributed by atoms with Crippen LogP contribution >= 0.6 is 11.6 Å². The van der Waals surface area contributed by atoms with E-state index < -0.39 is 0 Å². The van der Waals surface area contributed by atoms with Crippen LogP contribution in [0.1, 0.15) is 36.8 Å². The molecule has 0 spiro atoms. The number of hydrogen-bond acceptors (Lipinski definition) is 4. The van der Waals surface area contributed by atoms with Gasteiger partial charge in [-0.25, -0.2) is 9.97 Å². The second-order valence-corrected chi connectivity index (χ2v) is 5.33. The van der Waals surface area contributed by atoms with E-state index in [2.05, 4.69) is 28.7 Å². The molecule has 1 aliphatic heterocycles. The molecule has 1 aromatic rings. The van der Waals surface area contributed by atoms with Crippen LogP contribution < -0.4 is 0 Å². The van der Waals surface area contributed by atoms with Crippen LogP contribution in [0, 0.1) is 6.92 Å². The summed E-state index contributed by atoms with van der Waals surface area (Å²) < 4.78 is 5.33.